The van der Waals surface area contributed by atoms with E-state index in [1.54, 1.807) is 19.4 Å². The average molecular weight is 174 g/mol. The van der Waals surface area contributed by atoms with Crippen LogP contribution in [0.15, 0.2) is 24.4 Å². The zero-order chi connectivity index (χ0) is 9.10. The van der Waals surface area contributed by atoms with Crippen LogP contribution in [0, 0.1) is 6.20 Å². The summed E-state index contributed by atoms with van der Waals surface area (Å²) in [6, 6.07) is 5.39. The number of nitrogens with zero attached hydrogens (tertiary/aromatic N) is 2. The summed E-state index contributed by atoms with van der Waals surface area (Å²) < 4.78 is 5.14. The summed E-state index contributed by atoms with van der Waals surface area (Å²) in [6.07, 6.45) is 4.45. The van der Waals surface area contributed by atoms with E-state index in [9.17, 15) is 0 Å². The van der Waals surface area contributed by atoms with Gasteiger partial charge in [-0.15, -0.1) is 0 Å². The second kappa shape index (κ2) is 3.26. The highest BCUT2D eigenvalue weighted by Gasteiger charge is 2.07. The minimum atomic E-state index is 0.711. The van der Waals surface area contributed by atoms with Crippen molar-refractivity contribution in [3.63, 3.8) is 0 Å². The quantitative estimate of drug-likeness (QED) is 0.746. The van der Waals surface area contributed by atoms with Crippen molar-refractivity contribution < 1.29 is 4.74 Å². The van der Waals surface area contributed by atoms with Crippen molar-refractivity contribution in [3.8, 4) is 17.1 Å². The molecule has 2 aromatic rings. The summed E-state index contributed by atoms with van der Waals surface area (Å²) in [5.41, 5.74) is 1.46. The monoisotopic (exact) mass is 174 g/mol. The number of nitrogens with one attached hydrogen (secondary N) is 1. The molecule has 2 rings (SSSR count). The van der Waals surface area contributed by atoms with Crippen molar-refractivity contribution in [1.82, 2.24) is 15.2 Å². The number of H-pyrrole nitrogens is 1. The molecule has 0 saturated carbocycles. The maximum atomic E-state index is 5.14. The van der Waals surface area contributed by atoms with Crippen LogP contribution in [0.25, 0.3) is 11.4 Å². The molecule has 0 aromatic carbocycles. The van der Waals surface area contributed by atoms with Gasteiger partial charge in [0.1, 0.15) is 17.1 Å². The van der Waals surface area contributed by atoms with Crippen molar-refractivity contribution in [2.24, 2.45) is 0 Å². The standard InChI is InChI=1S/C9H8N3O/c1-13-8-3-2-5-10-9(8)7-4-6-11-12-7/h2-5H,1H3,(H,11,12). The predicted octanol–water partition coefficient (Wildman–Crippen LogP) is 1.28. The highest BCUT2D eigenvalue weighted by atomic mass is 16.5. The first-order valence-corrected chi connectivity index (χ1v) is 3.82. The summed E-state index contributed by atoms with van der Waals surface area (Å²) in [4.78, 5) is 4.16. The molecule has 4 heteroatoms. The fourth-order valence-corrected chi connectivity index (χ4v) is 1.09. The molecule has 4 nitrogen and oxygen atoms in total. The molecule has 0 aliphatic heterocycles. The van der Waals surface area contributed by atoms with E-state index >= 15 is 0 Å². The van der Waals surface area contributed by atoms with Gasteiger partial charge >= 0.3 is 0 Å². The second-order valence-electron chi connectivity index (χ2n) is 2.45. The Balaban J connectivity index is 2.51. The van der Waals surface area contributed by atoms with E-state index in [0.717, 1.165) is 11.4 Å². The number of aromatic nitrogens is 3. The minimum absolute atomic E-state index is 0.711. The number of hydrogen-bond acceptors (Lipinski definition) is 3. The van der Waals surface area contributed by atoms with Crippen molar-refractivity contribution in [2.75, 3.05) is 7.11 Å². The molecule has 0 amide bonds. The van der Waals surface area contributed by atoms with Crippen LogP contribution < -0.4 is 4.74 Å². The lowest BCUT2D eigenvalue weighted by molar-refractivity contribution is 0.414. The molecule has 1 radical (unpaired) electrons. The molecule has 0 saturated heterocycles. The summed E-state index contributed by atoms with van der Waals surface area (Å²) in [6.45, 7) is 0. The van der Waals surface area contributed by atoms with Gasteiger partial charge in [0.2, 0.25) is 0 Å². The van der Waals surface area contributed by atoms with E-state index in [1.165, 1.54) is 0 Å². The Morgan fingerprint density at radius 2 is 2.46 bits per heavy atom. The summed E-state index contributed by atoms with van der Waals surface area (Å²) in [5.74, 6) is 0.711. The van der Waals surface area contributed by atoms with E-state index in [1.807, 2.05) is 12.1 Å². The summed E-state index contributed by atoms with van der Waals surface area (Å²) in [5, 5.41) is 6.58. The third-order valence-electron chi connectivity index (χ3n) is 1.68. The summed E-state index contributed by atoms with van der Waals surface area (Å²) in [7, 11) is 1.61. The molecule has 13 heavy (non-hydrogen) atoms. The van der Waals surface area contributed by atoms with Crippen LogP contribution in [0.3, 0.4) is 0 Å². The van der Waals surface area contributed by atoms with Crippen LogP contribution in [0.5, 0.6) is 5.75 Å². The highest BCUT2D eigenvalue weighted by molar-refractivity contribution is 5.61. The molecule has 0 unspecified atom stereocenters. The number of pyridine rings is 1. The van der Waals surface area contributed by atoms with Gasteiger partial charge < -0.3 is 4.74 Å². The Kier molecular flexibility index (Phi) is 1.96. The largest absolute Gasteiger partial charge is 0.494 e. The average Bonchev–Trinajstić information content (AvgIpc) is 2.70. The number of aromatic amines is 1. The Labute approximate surface area is 75.6 Å². The predicted molar refractivity (Wildman–Crippen MR) is 47.2 cm³/mol. The molecule has 0 aliphatic rings. The molecule has 0 fully saturated rings. The van der Waals surface area contributed by atoms with Crippen molar-refractivity contribution in [1.29, 1.82) is 0 Å². The van der Waals surface area contributed by atoms with Gasteiger partial charge in [-0.2, -0.15) is 5.10 Å². The first kappa shape index (κ1) is 7.79. The lowest BCUT2D eigenvalue weighted by Crippen LogP contribution is -1.90. The molecule has 65 valence electrons. The SMILES string of the molecule is COc1cccnc1-c1c[c][nH]n1. The number of hydrogen-bond donors (Lipinski definition) is 1. The molecule has 0 spiro atoms. The minimum Gasteiger partial charge on any atom is -0.494 e. The van der Waals surface area contributed by atoms with Gasteiger partial charge in [-0.05, 0) is 18.2 Å². The number of rotatable bonds is 2. The second-order valence-corrected chi connectivity index (χ2v) is 2.45. The zero-order valence-electron chi connectivity index (χ0n) is 7.11. The normalized spacial score (nSPS) is 9.92. The van der Waals surface area contributed by atoms with Gasteiger partial charge in [-0.3, -0.25) is 10.1 Å². The molecule has 2 heterocycles. The van der Waals surface area contributed by atoms with Crippen LogP contribution in [-0.4, -0.2) is 22.3 Å². The van der Waals surface area contributed by atoms with Crippen molar-refractivity contribution in [3.05, 3.63) is 30.6 Å². The van der Waals surface area contributed by atoms with Crippen molar-refractivity contribution >= 4 is 0 Å². The van der Waals surface area contributed by atoms with Crippen LogP contribution in [-0.2, 0) is 0 Å². The molecule has 2 aromatic heterocycles. The highest BCUT2D eigenvalue weighted by Crippen LogP contribution is 2.24. The Bertz CT molecular complexity index is 384. The van der Waals surface area contributed by atoms with Gasteiger partial charge in [0.15, 0.2) is 0 Å². The van der Waals surface area contributed by atoms with Gasteiger partial charge in [0.05, 0.1) is 13.3 Å². The maximum Gasteiger partial charge on any atom is 0.146 e. The third-order valence-corrected chi connectivity index (χ3v) is 1.68. The maximum absolute atomic E-state index is 5.14. The first-order valence-electron chi connectivity index (χ1n) is 3.82. The van der Waals surface area contributed by atoms with E-state index in [0.29, 0.717) is 5.75 Å². The van der Waals surface area contributed by atoms with Crippen LogP contribution in [0.1, 0.15) is 0 Å². The smallest absolute Gasteiger partial charge is 0.146 e. The van der Waals surface area contributed by atoms with Crippen molar-refractivity contribution in [2.45, 2.75) is 0 Å². The van der Waals surface area contributed by atoms with Gasteiger partial charge in [-0.1, -0.05) is 0 Å². The first-order chi connectivity index (χ1) is 6.42. The van der Waals surface area contributed by atoms with Crippen LogP contribution in [0.4, 0.5) is 0 Å². The summed E-state index contributed by atoms with van der Waals surface area (Å²) >= 11 is 0. The van der Waals surface area contributed by atoms with E-state index in [2.05, 4.69) is 21.4 Å². The molecule has 0 atom stereocenters. The molecule has 1 N–H and O–H groups in total. The Morgan fingerprint density at radius 1 is 1.54 bits per heavy atom. The van der Waals surface area contributed by atoms with Crippen LogP contribution in [0.2, 0.25) is 0 Å². The van der Waals surface area contributed by atoms with Gasteiger partial charge in [0.25, 0.3) is 0 Å². The number of methoxy groups -OCH3 is 1. The van der Waals surface area contributed by atoms with Gasteiger partial charge in [-0.25, -0.2) is 0 Å². The fraction of sp³-hybridized carbons (Fsp3) is 0.111. The molecule has 0 aliphatic carbocycles. The Morgan fingerprint density at radius 3 is 3.15 bits per heavy atom. The van der Waals surface area contributed by atoms with E-state index < -0.39 is 0 Å². The molecular formula is C9H8N3O. The lowest BCUT2D eigenvalue weighted by Gasteiger charge is -2.02. The van der Waals surface area contributed by atoms with E-state index in [4.69, 9.17) is 4.74 Å². The van der Waals surface area contributed by atoms with Crippen LogP contribution >= 0.6 is 0 Å². The number of ether oxygens (including phenoxy) is 1. The molecular weight excluding hydrogens is 166 g/mol. The molecule has 0 bridgehead atoms. The topological polar surface area (TPSA) is 50.8 Å². The fourth-order valence-electron chi connectivity index (χ4n) is 1.09. The lowest BCUT2D eigenvalue weighted by atomic mass is 10.2. The zero-order valence-corrected chi connectivity index (χ0v) is 7.11. The van der Waals surface area contributed by atoms with Gasteiger partial charge in [0, 0.05) is 6.20 Å². The van der Waals surface area contributed by atoms with E-state index in [-0.39, 0.29) is 0 Å². The Hall–Kier alpha value is -1.84. The third kappa shape index (κ3) is 1.38.